The van der Waals surface area contributed by atoms with E-state index in [1.807, 2.05) is 44.2 Å². The molecule has 2 N–H and O–H groups in total. The summed E-state index contributed by atoms with van der Waals surface area (Å²) in [5, 5.41) is 5.76. The lowest BCUT2D eigenvalue weighted by molar-refractivity contribution is 0.249. The zero-order valence-electron chi connectivity index (χ0n) is 10.9. The summed E-state index contributed by atoms with van der Waals surface area (Å²) in [6.07, 6.45) is 2.76. The maximum absolute atomic E-state index is 11.8. The van der Waals surface area contributed by atoms with Crippen molar-refractivity contribution in [1.82, 2.24) is 5.32 Å². The molecule has 0 aromatic heterocycles. The van der Waals surface area contributed by atoms with Crippen molar-refractivity contribution in [2.45, 2.75) is 31.2 Å². The Morgan fingerprint density at radius 3 is 2.89 bits per heavy atom. The molecular formula is C14H20N2OS. The van der Waals surface area contributed by atoms with Crippen LogP contribution in [0.3, 0.4) is 0 Å². The Labute approximate surface area is 113 Å². The third-order valence-corrected chi connectivity index (χ3v) is 3.55. The fourth-order valence-electron chi connectivity index (χ4n) is 1.33. The number of para-hydroxylation sites is 1. The van der Waals surface area contributed by atoms with Crippen LogP contribution in [0.5, 0.6) is 0 Å². The first-order chi connectivity index (χ1) is 8.67. The minimum absolute atomic E-state index is 0.156. The molecule has 0 radical (unpaired) electrons. The normalized spacial score (nSPS) is 11.7. The summed E-state index contributed by atoms with van der Waals surface area (Å²) in [6, 6.07) is 7.79. The van der Waals surface area contributed by atoms with Gasteiger partial charge in [0.1, 0.15) is 0 Å². The van der Waals surface area contributed by atoms with Crippen molar-refractivity contribution >= 4 is 23.5 Å². The minimum Gasteiger partial charge on any atom is -0.335 e. The van der Waals surface area contributed by atoms with Crippen molar-refractivity contribution in [3.05, 3.63) is 36.9 Å². The number of nitrogens with one attached hydrogen (secondary N) is 2. The highest BCUT2D eigenvalue weighted by Gasteiger charge is 2.08. The van der Waals surface area contributed by atoms with Gasteiger partial charge in [0, 0.05) is 16.7 Å². The maximum Gasteiger partial charge on any atom is 0.319 e. The lowest BCUT2D eigenvalue weighted by Crippen LogP contribution is -2.35. The number of thioether (sulfide) groups is 1. The van der Waals surface area contributed by atoms with Gasteiger partial charge in [-0.25, -0.2) is 4.79 Å². The fraction of sp³-hybridized carbons (Fsp3) is 0.357. The number of carbonyl (C=O) groups excluding carboxylic acids is 1. The van der Waals surface area contributed by atoms with Gasteiger partial charge in [0.15, 0.2) is 0 Å². The zero-order chi connectivity index (χ0) is 13.4. The van der Waals surface area contributed by atoms with E-state index in [0.29, 0.717) is 0 Å². The van der Waals surface area contributed by atoms with Crippen molar-refractivity contribution in [3.63, 3.8) is 0 Å². The first-order valence-electron chi connectivity index (χ1n) is 6.07. The Kier molecular flexibility index (Phi) is 6.36. The van der Waals surface area contributed by atoms with Gasteiger partial charge >= 0.3 is 6.03 Å². The van der Waals surface area contributed by atoms with Crippen LogP contribution in [-0.2, 0) is 0 Å². The number of urea groups is 1. The Morgan fingerprint density at radius 2 is 2.22 bits per heavy atom. The molecule has 1 aromatic carbocycles. The van der Waals surface area contributed by atoms with Crippen molar-refractivity contribution in [2.24, 2.45) is 0 Å². The summed E-state index contributed by atoms with van der Waals surface area (Å²) >= 11 is 1.65. The lowest BCUT2D eigenvalue weighted by Gasteiger charge is -2.14. The zero-order valence-corrected chi connectivity index (χ0v) is 11.7. The second-order valence-corrected chi connectivity index (χ2v) is 5.07. The van der Waals surface area contributed by atoms with Crippen LogP contribution in [0.2, 0.25) is 0 Å². The summed E-state index contributed by atoms with van der Waals surface area (Å²) in [5.41, 5.74) is 0.838. The molecule has 0 aliphatic carbocycles. The molecule has 0 spiro atoms. The molecule has 0 fully saturated rings. The van der Waals surface area contributed by atoms with Crippen LogP contribution in [0.25, 0.3) is 0 Å². The van der Waals surface area contributed by atoms with Crippen LogP contribution in [0, 0.1) is 0 Å². The van der Waals surface area contributed by atoms with E-state index in [1.54, 1.807) is 11.8 Å². The number of amides is 2. The molecule has 2 amide bonds. The third kappa shape index (κ3) is 4.84. The molecular weight excluding hydrogens is 244 g/mol. The van der Waals surface area contributed by atoms with E-state index in [4.69, 9.17) is 0 Å². The molecule has 0 aliphatic heterocycles. The standard InChI is InChI=1S/C14H20N2OS/c1-4-10-18-13-9-7-6-8-12(13)16-14(17)15-11(3)5-2/h4,6-9,11H,1,5,10H2,2-3H3,(H2,15,16,17). The molecule has 1 atom stereocenters. The maximum atomic E-state index is 11.8. The second-order valence-electron chi connectivity index (χ2n) is 4.00. The summed E-state index contributed by atoms with van der Waals surface area (Å²) in [5.74, 6) is 0.825. The molecule has 1 aromatic rings. The van der Waals surface area contributed by atoms with E-state index in [2.05, 4.69) is 17.2 Å². The third-order valence-electron chi connectivity index (χ3n) is 2.48. The number of hydrogen-bond acceptors (Lipinski definition) is 2. The monoisotopic (exact) mass is 264 g/mol. The highest BCUT2D eigenvalue weighted by molar-refractivity contribution is 7.99. The molecule has 18 heavy (non-hydrogen) atoms. The second kappa shape index (κ2) is 7.82. The van der Waals surface area contributed by atoms with Gasteiger partial charge in [-0.3, -0.25) is 0 Å². The van der Waals surface area contributed by atoms with E-state index < -0.39 is 0 Å². The van der Waals surface area contributed by atoms with Crippen molar-refractivity contribution in [1.29, 1.82) is 0 Å². The average molecular weight is 264 g/mol. The largest absolute Gasteiger partial charge is 0.335 e. The molecule has 0 heterocycles. The average Bonchev–Trinajstić information content (AvgIpc) is 2.37. The van der Waals surface area contributed by atoms with Crippen LogP contribution in [-0.4, -0.2) is 17.8 Å². The van der Waals surface area contributed by atoms with Crippen molar-refractivity contribution < 1.29 is 4.79 Å². The highest BCUT2D eigenvalue weighted by Crippen LogP contribution is 2.26. The van der Waals surface area contributed by atoms with Crippen molar-refractivity contribution in [2.75, 3.05) is 11.1 Å². The molecule has 98 valence electrons. The van der Waals surface area contributed by atoms with Crippen LogP contribution in [0.15, 0.2) is 41.8 Å². The molecule has 4 heteroatoms. The van der Waals surface area contributed by atoms with Gasteiger partial charge in [-0.1, -0.05) is 25.1 Å². The quantitative estimate of drug-likeness (QED) is 0.604. The summed E-state index contributed by atoms with van der Waals surface area (Å²) in [4.78, 5) is 12.8. The molecule has 0 saturated heterocycles. The summed E-state index contributed by atoms with van der Waals surface area (Å²) < 4.78 is 0. The van der Waals surface area contributed by atoms with Crippen LogP contribution < -0.4 is 10.6 Å². The van der Waals surface area contributed by atoms with E-state index in [-0.39, 0.29) is 12.1 Å². The molecule has 0 saturated carbocycles. The van der Waals surface area contributed by atoms with Crippen LogP contribution in [0.1, 0.15) is 20.3 Å². The molecule has 3 nitrogen and oxygen atoms in total. The first-order valence-corrected chi connectivity index (χ1v) is 7.06. The van der Waals surface area contributed by atoms with E-state index >= 15 is 0 Å². The van der Waals surface area contributed by atoms with Gasteiger partial charge in [-0.05, 0) is 25.5 Å². The fourth-order valence-corrected chi connectivity index (χ4v) is 2.08. The smallest absolute Gasteiger partial charge is 0.319 e. The highest BCUT2D eigenvalue weighted by atomic mass is 32.2. The van der Waals surface area contributed by atoms with Crippen molar-refractivity contribution in [3.8, 4) is 0 Å². The Hall–Kier alpha value is -1.42. The number of carbonyl (C=O) groups is 1. The molecule has 0 aliphatic rings. The summed E-state index contributed by atoms with van der Waals surface area (Å²) in [7, 11) is 0. The SMILES string of the molecule is C=CCSc1ccccc1NC(=O)NC(C)CC. The van der Waals surface area contributed by atoms with E-state index in [9.17, 15) is 4.79 Å². The lowest BCUT2D eigenvalue weighted by atomic mass is 10.3. The summed E-state index contributed by atoms with van der Waals surface area (Å²) in [6.45, 7) is 7.72. The van der Waals surface area contributed by atoms with Gasteiger partial charge in [0.25, 0.3) is 0 Å². The van der Waals surface area contributed by atoms with E-state index in [1.165, 1.54) is 0 Å². The Morgan fingerprint density at radius 1 is 1.50 bits per heavy atom. The number of anilines is 1. The Bertz CT molecular complexity index is 407. The number of rotatable bonds is 6. The van der Waals surface area contributed by atoms with Gasteiger partial charge in [-0.2, -0.15) is 0 Å². The van der Waals surface area contributed by atoms with Gasteiger partial charge in [0.2, 0.25) is 0 Å². The first kappa shape index (κ1) is 14.6. The number of hydrogen-bond donors (Lipinski definition) is 2. The molecule has 1 unspecified atom stereocenters. The minimum atomic E-state index is -0.156. The van der Waals surface area contributed by atoms with Gasteiger partial charge in [0.05, 0.1) is 5.69 Å². The molecule has 1 rings (SSSR count). The van der Waals surface area contributed by atoms with Gasteiger partial charge < -0.3 is 10.6 Å². The number of benzene rings is 1. The predicted octanol–water partition coefficient (Wildman–Crippen LogP) is 3.88. The topological polar surface area (TPSA) is 41.1 Å². The van der Waals surface area contributed by atoms with E-state index in [0.717, 1.165) is 22.8 Å². The van der Waals surface area contributed by atoms with Crippen LogP contribution >= 0.6 is 11.8 Å². The molecule has 0 bridgehead atoms. The van der Waals surface area contributed by atoms with Crippen LogP contribution in [0.4, 0.5) is 10.5 Å². The van der Waals surface area contributed by atoms with Gasteiger partial charge in [-0.15, -0.1) is 18.3 Å². The Balaban J connectivity index is 2.65. The predicted molar refractivity (Wildman–Crippen MR) is 79.3 cm³/mol.